The Balaban J connectivity index is 1.56. The minimum Gasteiger partial charge on any atom is -0.378 e. The van der Waals surface area contributed by atoms with E-state index in [0.717, 1.165) is 11.3 Å². The zero-order chi connectivity index (χ0) is 21.5. The first-order valence-electron chi connectivity index (χ1n) is 9.20. The number of amides is 2. The summed E-state index contributed by atoms with van der Waals surface area (Å²) in [5.74, 6) is -0.622. The number of hydrogen-bond acceptors (Lipinski definition) is 4. The molecule has 2 amide bonds. The van der Waals surface area contributed by atoms with Crippen LogP contribution in [0.25, 0.3) is 0 Å². The lowest BCUT2D eigenvalue weighted by atomic mass is 10.1. The third-order valence-electron chi connectivity index (χ3n) is 4.28. The van der Waals surface area contributed by atoms with Gasteiger partial charge >= 0.3 is 0 Å². The number of nitrogens with zero attached hydrogens (tertiary/aromatic N) is 2. The number of nitrogens with one attached hydrogen (secondary N) is 2. The van der Waals surface area contributed by atoms with Crippen LogP contribution in [0.2, 0.25) is 5.02 Å². The van der Waals surface area contributed by atoms with Gasteiger partial charge in [0.05, 0.1) is 6.21 Å². The van der Waals surface area contributed by atoms with Crippen LogP contribution in [0.1, 0.15) is 26.3 Å². The first kappa shape index (κ1) is 21.1. The summed E-state index contributed by atoms with van der Waals surface area (Å²) in [5.41, 5.74) is 5.91. The summed E-state index contributed by atoms with van der Waals surface area (Å²) in [6.45, 7) is 0. The van der Waals surface area contributed by atoms with Gasteiger partial charge in [-0.2, -0.15) is 5.10 Å². The molecular formula is C23H21ClN4O2. The van der Waals surface area contributed by atoms with E-state index in [-0.39, 0.29) is 11.8 Å². The lowest BCUT2D eigenvalue weighted by molar-refractivity contribution is 0.0954. The molecule has 0 bridgehead atoms. The van der Waals surface area contributed by atoms with Crippen LogP contribution in [0, 0.1) is 0 Å². The quantitative estimate of drug-likeness (QED) is 0.458. The minimum absolute atomic E-state index is 0.278. The fourth-order valence-electron chi connectivity index (χ4n) is 2.63. The number of benzene rings is 3. The Morgan fingerprint density at radius 2 is 1.60 bits per heavy atom. The molecule has 0 aromatic heterocycles. The van der Waals surface area contributed by atoms with Gasteiger partial charge in [-0.15, -0.1) is 0 Å². The van der Waals surface area contributed by atoms with Crippen molar-refractivity contribution in [3.8, 4) is 0 Å². The van der Waals surface area contributed by atoms with E-state index in [2.05, 4.69) is 15.8 Å². The van der Waals surface area contributed by atoms with Gasteiger partial charge in [0.15, 0.2) is 0 Å². The average Bonchev–Trinajstić information content (AvgIpc) is 2.74. The molecule has 0 atom stereocenters. The molecule has 0 saturated heterocycles. The Bertz CT molecular complexity index is 1060. The van der Waals surface area contributed by atoms with E-state index in [1.54, 1.807) is 54.7 Å². The normalized spacial score (nSPS) is 10.6. The molecule has 0 heterocycles. The minimum atomic E-state index is -0.344. The molecule has 152 valence electrons. The van der Waals surface area contributed by atoms with E-state index >= 15 is 0 Å². The molecule has 0 spiro atoms. The molecule has 3 aromatic rings. The molecule has 30 heavy (non-hydrogen) atoms. The molecule has 0 unspecified atom stereocenters. The van der Waals surface area contributed by atoms with Crippen molar-refractivity contribution in [1.82, 2.24) is 5.43 Å². The summed E-state index contributed by atoms with van der Waals surface area (Å²) in [6, 6.07) is 21.0. The molecule has 3 aromatic carbocycles. The first-order valence-corrected chi connectivity index (χ1v) is 9.58. The smallest absolute Gasteiger partial charge is 0.271 e. The molecule has 2 N–H and O–H groups in total. The molecule has 7 heteroatoms. The Kier molecular flexibility index (Phi) is 6.83. The Hall–Kier alpha value is -3.64. The second-order valence-electron chi connectivity index (χ2n) is 6.73. The largest absolute Gasteiger partial charge is 0.378 e. The highest BCUT2D eigenvalue weighted by Gasteiger charge is 2.08. The number of carbonyl (C=O) groups excluding carboxylic acids is 2. The third kappa shape index (κ3) is 5.68. The molecule has 0 fully saturated rings. The zero-order valence-corrected chi connectivity index (χ0v) is 17.4. The van der Waals surface area contributed by atoms with Gasteiger partial charge in [0.25, 0.3) is 11.8 Å². The van der Waals surface area contributed by atoms with Gasteiger partial charge in [0.2, 0.25) is 0 Å². The lowest BCUT2D eigenvalue weighted by Gasteiger charge is -2.11. The van der Waals surface area contributed by atoms with Crippen LogP contribution in [0.15, 0.2) is 77.9 Å². The predicted molar refractivity (Wildman–Crippen MR) is 122 cm³/mol. The fraction of sp³-hybridized carbons (Fsp3) is 0.0870. The van der Waals surface area contributed by atoms with Crippen molar-refractivity contribution in [2.24, 2.45) is 5.10 Å². The maximum Gasteiger partial charge on any atom is 0.271 e. The molecule has 0 aliphatic carbocycles. The molecule has 0 aliphatic rings. The van der Waals surface area contributed by atoms with Crippen molar-refractivity contribution >= 4 is 41.0 Å². The van der Waals surface area contributed by atoms with Gasteiger partial charge in [0, 0.05) is 41.6 Å². The Labute approximate surface area is 180 Å². The van der Waals surface area contributed by atoms with Crippen molar-refractivity contribution in [2.45, 2.75) is 0 Å². The van der Waals surface area contributed by atoms with Crippen molar-refractivity contribution in [1.29, 1.82) is 0 Å². The van der Waals surface area contributed by atoms with Gasteiger partial charge < -0.3 is 10.2 Å². The fourth-order valence-corrected chi connectivity index (χ4v) is 2.82. The summed E-state index contributed by atoms with van der Waals surface area (Å²) >= 11 is 5.91. The topological polar surface area (TPSA) is 73.8 Å². The number of rotatable bonds is 6. The zero-order valence-electron chi connectivity index (χ0n) is 16.6. The van der Waals surface area contributed by atoms with Crippen LogP contribution in [0.5, 0.6) is 0 Å². The molecule has 6 nitrogen and oxygen atoms in total. The van der Waals surface area contributed by atoms with Crippen LogP contribution in [0.3, 0.4) is 0 Å². The van der Waals surface area contributed by atoms with Gasteiger partial charge in [0.1, 0.15) is 0 Å². The SMILES string of the molecule is CN(C)c1ccc(/C=N\NC(=O)c2ccc(NC(=O)c3cccc(Cl)c3)cc2)cc1. The highest BCUT2D eigenvalue weighted by atomic mass is 35.5. The summed E-state index contributed by atoms with van der Waals surface area (Å²) in [5, 5.41) is 7.25. The van der Waals surface area contributed by atoms with E-state index in [4.69, 9.17) is 11.6 Å². The van der Waals surface area contributed by atoms with Crippen molar-refractivity contribution in [3.05, 3.63) is 94.5 Å². The van der Waals surface area contributed by atoms with Crippen LogP contribution in [-0.2, 0) is 0 Å². The van der Waals surface area contributed by atoms with Crippen molar-refractivity contribution < 1.29 is 9.59 Å². The highest BCUT2D eigenvalue weighted by molar-refractivity contribution is 6.31. The van der Waals surface area contributed by atoms with E-state index < -0.39 is 0 Å². The first-order chi connectivity index (χ1) is 14.4. The monoisotopic (exact) mass is 420 g/mol. The number of carbonyl (C=O) groups is 2. The number of anilines is 2. The van der Waals surface area contributed by atoms with Crippen LogP contribution in [-0.4, -0.2) is 32.1 Å². The number of hydrazone groups is 1. The second kappa shape index (κ2) is 9.71. The van der Waals surface area contributed by atoms with Crippen LogP contribution < -0.4 is 15.6 Å². The summed E-state index contributed by atoms with van der Waals surface area (Å²) in [7, 11) is 3.94. The predicted octanol–water partition coefficient (Wildman–Crippen LogP) is 4.42. The average molecular weight is 421 g/mol. The molecule has 0 saturated carbocycles. The summed E-state index contributed by atoms with van der Waals surface area (Å²) in [6.07, 6.45) is 1.58. The lowest BCUT2D eigenvalue weighted by Crippen LogP contribution is -2.18. The van der Waals surface area contributed by atoms with Crippen LogP contribution >= 0.6 is 11.6 Å². The van der Waals surface area contributed by atoms with Crippen molar-refractivity contribution in [3.63, 3.8) is 0 Å². The van der Waals surface area contributed by atoms with Gasteiger partial charge in [-0.3, -0.25) is 9.59 Å². The number of hydrogen-bond donors (Lipinski definition) is 2. The highest BCUT2D eigenvalue weighted by Crippen LogP contribution is 2.15. The van der Waals surface area contributed by atoms with Crippen LogP contribution in [0.4, 0.5) is 11.4 Å². The maximum atomic E-state index is 12.2. The van der Waals surface area contributed by atoms with Gasteiger partial charge in [-0.05, 0) is 60.2 Å². The van der Waals surface area contributed by atoms with Crippen molar-refractivity contribution in [2.75, 3.05) is 24.3 Å². The standard InChI is InChI=1S/C23H21ClN4O2/c1-28(2)21-12-6-16(7-13-21)15-25-27-23(30)17-8-10-20(11-9-17)26-22(29)18-4-3-5-19(24)14-18/h3-15H,1-2H3,(H,26,29)(H,27,30)/b25-15-. The molecule has 0 radical (unpaired) electrons. The molecule has 0 aliphatic heterocycles. The Morgan fingerprint density at radius 3 is 2.23 bits per heavy atom. The number of halogens is 1. The van der Waals surface area contributed by atoms with E-state index in [0.29, 0.717) is 21.8 Å². The summed E-state index contributed by atoms with van der Waals surface area (Å²) in [4.78, 5) is 26.5. The Morgan fingerprint density at radius 1 is 0.900 bits per heavy atom. The molecular weight excluding hydrogens is 400 g/mol. The summed E-state index contributed by atoms with van der Waals surface area (Å²) < 4.78 is 0. The second-order valence-corrected chi connectivity index (χ2v) is 7.16. The van der Waals surface area contributed by atoms with E-state index in [1.165, 1.54) is 0 Å². The molecule has 3 rings (SSSR count). The van der Waals surface area contributed by atoms with Gasteiger partial charge in [-0.1, -0.05) is 29.8 Å². The third-order valence-corrected chi connectivity index (χ3v) is 4.52. The van der Waals surface area contributed by atoms with E-state index in [9.17, 15) is 9.59 Å². The van der Waals surface area contributed by atoms with Gasteiger partial charge in [-0.25, -0.2) is 5.43 Å². The van der Waals surface area contributed by atoms with E-state index in [1.807, 2.05) is 43.3 Å². The maximum absolute atomic E-state index is 12.2.